The molecule has 0 spiro atoms. The minimum atomic E-state index is 0.0389. The molecule has 1 heterocycles. The quantitative estimate of drug-likeness (QED) is 0.503. The minimum Gasteiger partial charge on any atom is -0.507 e. The summed E-state index contributed by atoms with van der Waals surface area (Å²) in [4.78, 5) is 16.2. The highest BCUT2D eigenvalue weighted by Gasteiger charge is 2.15. The molecule has 3 nitrogen and oxygen atoms in total. The predicted octanol–water partition coefficient (Wildman–Crippen LogP) is 5.48. The van der Waals surface area contributed by atoms with Crippen molar-refractivity contribution in [1.29, 1.82) is 0 Å². The molecule has 4 aromatic rings. The third-order valence-corrected chi connectivity index (χ3v) is 4.55. The van der Waals surface area contributed by atoms with E-state index in [2.05, 4.69) is 4.98 Å². The van der Waals surface area contributed by atoms with Crippen LogP contribution in [0.2, 0.25) is 0 Å². The average molecular weight is 339 g/mol. The zero-order valence-corrected chi connectivity index (χ0v) is 14.3. The van der Waals surface area contributed by atoms with E-state index in [1.807, 2.05) is 60.7 Å². The number of hydrogen-bond donors (Lipinski definition) is 1. The summed E-state index contributed by atoms with van der Waals surface area (Å²) < 4.78 is 0. The van der Waals surface area contributed by atoms with Gasteiger partial charge in [-0.3, -0.25) is 9.78 Å². The van der Waals surface area contributed by atoms with E-state index in [0.29, 0.717) is 5.56 Å². The van der Waals surface area contributed by atoms with Crippen LogP contribution in [0.3, 0.4) is 0 Å². The van der Waals surface area contributed by atoms with Crippen LogP contribution >= 0.6 is 0 Å². The van der Waals surface area contributed by atoms with Crippen molar-refractivity contribution in [2.45, 2.75) is 6.92 Å². The van der Waals surface area contributed by atoms with Gasteiger partial charge < -0.3 is 5.11 Å². The van der Waals surface area contributed by atoms with Crippen LogP contribution in [0.25, 0.3) is 33.2 Å². The molecular weight excluding hydrogens is 322 g/mol. The maximum Gasteiger partial charge on any atom is 0.159 e. The van der Waals surface area contributed by atoms with Gasteiger partial charge >= 0.3 is 0 Å². The summed E-state index contributed by atoms with van der Waals surface area (Å²) >= 11 is 0. The SMILES string of the molecule is CC(=O)c1ccc(-c2c(-c3ccccc3O)cnc3ccccc23)cc1. The number of aromatic nitrogens is 1. The van der Waals surface area contributed by atoms with Gasteiger partial charge in [0.1, 0.15) is 5.75 Å². The number of hydrogen-bond acceptors (Lipinski definition) is 3. The second-order valence-electron chi connectivity index (χ2n) is 6.21. The molecule has 0 aliphatic rings. The van der Waals surface area contributed by atoms with Crippen molar-refractivity contribution < 1.29 is 9.90 Å². The second-order valence-corrected chi connectivity index (χ2v) is 6.21. The van der Waals surface area contributed by atoms with Crippen molar-refractivity contribution in [1.82, 2.24) is 4.98 Å². The maximum absolute atomic E-state index is 11.6. The molecule has 26 heavy (non-hydrogen) atoms. The summed E-state index contributed by atoms with van der Waals surface area (Å²) in [6.07, 6.45) is 1.80. The molecule has 3 aromatic carbocycles. The number of ketones is 1. The minimum absolute atomic E-state index is 0.0389. The standard InChI is InChI=1S/C23H17NO2/c1-15(25)16-10-12-17(13-11-16)23-19-7-2-4-8-21(19)24-14-20(23)18-6-3-5-9-22(18)26/h2-14,26H,1H3. The van der Waals surface area contributed by atoms with E-state index in [0.717, 1.165) is 33.2 Å². The largest absolute Gasteiger partial charge is 0.507 e. The summed E-state index contributed by atoms with van der Waals surface area (Å²) in [5.74, 6) is 0.253. The van der Waals surface area contributed by atoms with Crippen LogP contribution in [0, 0.1) is 0 Å². The van der Waals surface area contributed by atoms with Gasteiger partial charge in [0.05, 0.1) is 5.52 Å². The number of Topliss-reactive ketones (excluding diaryl/α,β-unsaturated/α-hetero) is 1. The van der Waals surface area contributed by atoms with E-state index in [1.54, 1.807) is 25.3 Å². The van der Waals surface area contributed by atoms with E-state index in [-0.39, 0.29) is 11.5 Å². The van der Waals surface area contributed by atoms with Crippen LogP contribution < -0.4 is 0 Å². The lowest BCUT2D eigenvalue weighted by Gasteiger charge is -2.14. The Labute approximate surface area is 151 Å². The molecule has 126 valence electrons. The molecule has 0 amide bonds. The van der Waals surface area contributed by atoms with Crippen molar-refractivity contribution in [3.8, 4) is 28.0 Å². The van der Waals surface area contributed by atoms with Crippen molar-refractivity contribution in [2.24, 2.45) is 0 Å². The normalized spacial score (nSPS) is 10.8. The molecule has 0 radical (unpaired) electrons. The fourth-order valence-corrected chi connectivity index (χ4v) is 3.23. The van der Waals surface area contributed by atoms with Crippen LogP contribution in [0.5, 0.6) is 5.75 Å². The van der Waals surface area contributed by atoms with Crippen molar-refractivity contribution in [2.75, 3.05) is 0 Å². The Morgan fingerprint density at radius 2 is 1.54 bits per heavy atom. The van der Waals surface area contributed by atoms with Gasteiger partial charge in [0.15, 0.2) is 5.78 Å². The molecule has 4 rings (SSSR count). The first-order valence-electron chi connectivity index (χ1n) is 8.42. The van der Waals surface area contributed by atoms with Crippen LogP contribution in [0.4, 0.5) is 0 Å². The number of rotatable bonds is 3. The predicted molar refractivity (Wildman–Crippen MR) is 104 cm³/mol. The van der Waals surface area contributed by atoms with E-state index < -0.39 is 0 Å². The van der Waals surface area contributed by atoms with Crippen LogP contribution in [-0.2, 0) is 0 Å². The smallest absolute Gasteiger partial charge is 0.159 e. The molecule has 0 fully saturated rings. The molecule has 3 heteroatoms. The first-order valence-corrected chi connectivity index (χ1v) is 8.42. The molecule has 1 aromatic heterocycles. The summed E-state index contributed by atoms with van der Waals surface area (Å²) in [5.41, 5.74) is 5.13. The van der Waals surface area contributed by atoms with Gasteiger partial charge in [-0.2, -0.15) is 0 Å². The van der Waals surface area contributed by atoms with Gasteiger partial charge in [-0.15, -0.1) is 0 Å². The number of carbonyl (C=O) groups is 1. The Hall–Kier alpha value is -3.46. The first kappa shape index (κ1) is 16.0. The molecular formula is C23H17NO2. The van der Waals surface area contributed by atoms with Gasteiger partial charge in [-0.05, 0) is 24.6 Å². The highest BCUT2D eigenvalue weighted by Crippen LogP contribution is 2.40. The third-order valence-electron chi connectivity index (χ3n) is 4.55. The van der Waals surface area contributed by atoms with Gasteiger partial charge in [-0.25, -0.2) is 0 Å². The van der Waals surface area contributed by atoms with Crippen LogP contribution in [-0.4, -0.2) is 15.9 Å². The van der Waals surface area contributed by atoms with E-state index in [9.17, 15) is 9.90 Å². The lowest BCUT2D eigenvalue weighted by atomic mass is 9.91. The number of phenolic OH excluding ortho intramolecular Hbond substituents is 1. The Morgan fingerprint density at radius 1 is 0.846 bits per heavy atom. The van der Waals surface area contributed by atoms with Gasteiger partial charge in [0.25, 0.3) is 0 Å². The monoisotopic (exact) mass is 339 g/mol. The Morgan fingerprint density at radius 3 is 2.27 bits per heavy atom. The number of nitrogens with zero attached hydrogens (tertiary/aromatic N) is 1. The van der Waals surface area contributed by atoms with E-state index in [4.69, 9.17) is 0 Å². The topological polar surface area (TPSA) is 50.2 Å². The number of para-hydroxylation sites is 2. The van der Waals surface area contributed by atoms with Crippen molar-refractivity contribution in [3.63, 3.8) is 0 Å². The molecule has 1 N–H and O–H groups in total. The molecule has 0 aliphatic carbocycles. The van der Waals surface area contributed by atoms with Gasteiger partial charge in [0.2, 0.25) is 0 Å². The molecule has 0 unspecified atom stereocenters. The molecule has 0 saturated heterocycles. The molecule has 0 atom stereocenters. The fraction of sp³-hybridized carbons (Fsp3) is 0.0435. The Kier molecular flexibility index (Phi) is 3.98. The number of pyridine rings is 1. The number of phenols is 1. The highest BCUT2D eigenvalue weighted by atomic mass is 16.3. The third kappa shape index (κ3) is 2.74. The number of benzene rings is 3. The Balaban J connectivity index is 2.03. The fourth-order valence-electron chi connectivity index (χ4n) is 3.23. The lowest BCUT2D eigenvalue weighted by Crippen LogP contribution is -1.93. The first-order chi connectivity index (χ1) is 12.6. The van der Waals surface area contributed by atoms with E-state index in [1.165, 1.54) is 0 Å². The maximum atomic E-state index is 11.6. The van der Waals surface area contributed by atoms with Crippen molar-refractivity contribution >= 4 is 16.7 Å². The van der Waals surface area contributed by atoms with Crippen LogP contribution in [0.15, 0.2) is 79.0 Å². The highest BCUT2D eigenvalue weighted by molar-refractivity contribution is 6.03. The summed E-state index contributed by atoms with van der Waals surface area (Å²) in [5, 5.41) is 11.4. The molecule has 0 bridgehead atoms. The number of carbonyl (C=O) groups excluding carboxylic acids is 1. The number of fused-ring (bicyclic) bond motifs is 1. The summed E-state index contributed by atoms with van der Waals surface area (Å²) in [6, 6.07) is 22.7. The summed E-state index contributed by atoms with van der Waals surface area (Å²) in [7, 11) is 0. The van der Waals surface area contributed by atoms with Crippen molar-refractivity contribution in [3.05, 3.63) is 84.6 Å². The van der Waals surface area contributed by atoms with E-state index >= 15 is 0 Å². The van der Waals surface area contributed by atoms with Crippen LogP contribution in [0.1, 0.15) is 17.3 Å². The molecule has 0 aliphatic heterocycles. The zero-order chi connectivity index (χ0) is 18.1. The second kappa shape index (κ2) is 6.45. The van der Waals surface area contributed by atoms with Gasteiger partial charge in [0, 0.05) is 33.8 Å². The Bertz CT molecular complexity index is 1110. The lowest BCUT2D eigenvalue weighted by molar-refractivity contribution is 0.101. The zero-order valence-electron chi connectivity index (χ0n) is 14.3. The summed E-state index contributed by atoms with van der Waals surface area (Å²) in [6.45, 7) is 1.56. The average Bonchev–Trinajstić information content (AvgIpc) is 2.67. The molecule has 0 saturated carbocycles. The number of aromatic hydroxyl groups is 1. The van der Waals surface area contributed by atoms with Gasteiger partial charge in [-0.1, -0.05) is 60.7 Å².